The Labute approximate surface area is 143 Å². The molecule has 0 unspecified atom stereocenters. The van der Waals surface area contributed by atoms with E-state index >= 15 is 0 Å². The van der Waals surface area contributed by atoms with Gasteiger partial charge in [0.25, 0.3) is 0 Å². The molecule has 0 aliphatic heterocycles. The van der Waals surface area contributed by atoms with Crippen molar-refractivity contribution in [2.45, 2.75) is 45.4 Å². The van der Waals surface area contributed by atoms with Crippen LogP contribution in [-0.2, 0) is 11.0 Å². The van der Waals surface area contributed by atoms with Crippen LogP contribution >= 0.6 is 15.9 Å². The lowest BCUT2D eigenvalue weighted by atomic mass is 10.2. The molecule has 0 radical (unpaired) electrons. The molecule has 0 aliphatic carbocycles. The summed E-state index contributed by atoms with van der Waals surface area (Å²) >= 11 is 3.60. The van der Waals surface area contributed by atoms with Crippen LogP contribution in [0.4, 0.5) is 0 Å². The smallest absolute Gasteiger partial charge is 0.192 e. The Morgan fingerprint density at radius 1 is 1.18 bits per heavy atom. The van der Waals surface area contributed by atoms with Gasteiger partial charge in [0.2, 0.25) is 0 Å². The minimum absolute atomic E-state index is 0.243. The maximum Gasteiger partial charge on any atom is 0.192 e. The van der Waals surface area contributed by atoms with Gasteiger partial charge in [0.1, 0.15) is 5.69 Å². The lowest BCUT2D eigenvalue weighted by Crippen LogP contribution is -2.41. The van der Waals surface area contributed by atoms with Crippen LogP contribution in [0.2, 0.25) is 18.1 Å². The quantitative estimate of drug-likeness (QED) is 0.654. The van der Waals surface area contributed by atoms with Crippen LogP contribution in [0.5, 0.6) is 0 Å². The van der Waals surface area contributed by atoms with Gasteiger partial charge >= 0.3 is 0 Å². The third-order valence-electron chi connectivity index (χ3n) is 4.35. The lowest BCUT2D eigenvalue weighted by Gasteiger charge is -2.36. The van der Waals surface area contributed by atoms with Crippen LogP contribution in [0.1, 0.15) is 20.8 Å². The van der Waals surface area contributed by atoms with Crippen molar-refractivity contribution in [2.24, 2.45) is 0 Å². The van der Waals surface area contributed by atoms with E-state index in [0.29, 0.717) is 6.61 Å². The monoisotopic (exact) mass is 380 g/mol. The molecule has 0 saturated carbocycles. The Bertz CT molecular complexity index is 617. The maximum absolute atomic E-state index is 6.22. The summed E-state index contributed by atoms with van der Waals surface area (Å²) in [5.74, 6) is 0. The largest absolute Gasteiger partial charge is 0.415 e. The molecule has 120 valence electrons. The van der Waals surface area contributed by atoms with Crippen molar-refractivity contribution in [3.8, 4) is 11.3 Å². The number of nitrogens with zero attached hydrogens (tertiary/aromatic N) is 2. The Kier molecular flexibility index (Phi) is 5.30. The number of aromatic nitrogens is 2. The summed E-state index contributed by atoms with van der Waals surface area (Å²) in [6, 6.07) is 10.2. The Morgan fingerprint density at radius 2 is 1.82 bits per heavy atom. The second kappa shape index (κ2) is 6.68. The minimum Gasteiger partial charge on any atom is -0.415 e. The summed E-state index contributed by atoms with van der Waals surface area (Å²) in [5.41, 5.74) is 2.10. The highest BCUT2D eigenvalue weighted by molar-refractivity contribution is 9.10. The summed E-state index contributed by atoms with van der Waals surface area (Å²) in [7, 11) is -1.68. The van der Waals surface area contributed by atoms with Gasteiger partial charge in [0.05, 0.1) is 17.6 Å². The Hall–Kier alpha value is -0.913. The molecule has 2 aromatic rings. The highest BCUT2D eigenvalue weighted by atomic mass is 79.9. The molecule has 2 rings (SSSR count). The van der Waals surface area contributed by atoms with Gasteiger partial charge in [0.15, 0.2) is 8.32 Å². The number of halogens is 1. The van der Waals surface area contributed by atoms with Crippen molar-refractivity contribution < 1.29 is 4.43 Å². The van der Waals surface area contributed by atoms with E-state index in [4.69, 9.17) is 4.43 Å². The summed E-state index contributed by atoms with van der Waals surface area (Å²) in [4.78, 5) is 0. The Balaban J connectivity index is 2.01. The SMILES string of the molecule is CC(C)(C)[Si](C)(C)OCCn1cc(Br)c(-c2ccccc2)n1. The summed E-state index contributed by atoms with van der Waals surface area (Å²) in [6.07, 6.45) is 2.03. The van der Waals surface area contributed by atoms with Crippen molar-refractivity contribution >= 4 is 24.2 Å². The highest BCUT2D eigenvalue weighted by Crippen LogP contribution is 2.36. The molecule has 0 bridgehead atoms. The molecule has 1 aromatic carbocycles. The van der Waals surface area contributed by atoms with Crippen molar-refractivity contribution in [2.75, 3.05) is 6.61 Å². The first kappa shape index (κ1) is 17.4. The van der Waals surface area contributed by atoms with Gasteiger partial charge in [-0.05, 0) is 34.1 Å². The zero-order chi connectivity index (χ0) is 16.4. The van der Waals surface area contributed by atoms with Gasteiger partial charge in [-0.25, -0.2) is 0 Å². The van der Waals surface area contributed by atoms with E-state index < -0.39 is 8.32 Å². The van der Waals surface area contributed by atoms with Crippen LogP contribution in [0.25, 0.3) is 11.3 Å². The van der Waals surface area contributed by atoms with E-state index in [2.05, 4.69) is 67.0 Å². The van der Waals surface area contributed by atoms with Gasteiger partial charge in [-0.15, -0.1) is 0 Å². The van der Waals surface area contributed by atoms with Gasteiger partial charge in [-0.1, -0.05) is 51.1 Å². The van der Waals surface area contributed by atoms with E-state index in [1.807, 2.05) is 29.1 Å². The van der Waals surface area contributed by atoms with Gasteiger partial charge in [0, 0.05) is 11.8 Å². The number of rotatable bonds is 5. The van der Waals surface area contributed by atoms with Gasteiger partial charge in [-0.3, -0.25) is 4.68 Å². The minimum atomic E-state index is -1.68. The standard InChI is InChI=1S/C17H25BrN2OSi/c1-17(2,3)22(4,5)21-12-11-20-13-15(18)16(19-20)14-9-7-6-8-10-14/h6-10,13H,11-12H2,1-5H3. The van der Waals surface area contributed by atoms with E-state index in [9.17, 15) is 0 Å². The van der Waals surface area contributed by atoms with E-state index in [-0.39, 0.29) is 5.04 Å². The normalized spacial score (nSPS) is 12.6. The predicted molar refractivity (Wildman–Crippen MR) is 98.5 cm³/mol. The van der Waals surface area contributed by atoms with Gasteiger partial charge < -0.3 is 4.43 Å². The molecule has 1 heterocycles. The Morgan fingerprint density at radius 3 is 2.41 bits per heavy atom. The second-order valence-corrected chi connectivity index (χ2v) is 12.7. The molecule has 0 fully saturated rings. The first-order valence-corrected chi connectivity index (χ1v) is 11.3. The van der Waals surface area contributed by atoms with Crippen LogP contribution in [-0.4, -0.2) is 24.7 Å². The number of hydrogen-bond donors (Lipinski definition) is 0. The van der Waals surface area contributed by atoms with Crippen LogP contribution < -0.4 is 0 Å². The molecule has 22 heavy (non-hydrogen) atoms. The summed E-state index contributed by atoms with van der Waals surface area (Å²) in [6.45, 7) is 12.8. The average Bonchev–Trinajstić information content (AvgIpc) is 2.79. The molecular formula is C17H25BrN2OSi. The third kappa shape index (κ3) is 4.09. The molecule has 3 nitrogen and oxygen atoms in total. The number of hydrogen-bond acceptors (Lipinski definition) is 2. The first-order chi connectivity index (χ1) is 10.2. The molecule has 0 aliphatic rings. The molecule has 0 amide bonds. The van der Waals surface area contributed by atoms with Crippen LogP contribution in [0.15, 0.2) is 41.0 Å². The molecule has 0 N–H and O–H groups in total. The van der Waals surface area contributed by atoms with E-state index in [1.165, 1.54) is 0 Å². The average molecular weight is 381 g/mol. The van der Waals surface area contributed by atoms with Crippen LogP contribution in [0, 0.1) is 0 Å². The third-order valence-corrected chi connectivity index (χ3v) is 9.47. The highest BCUT2D eigenvalue weighted by Gasteiger charge is 2.36. The molecule has 0 atom stereocenters. The van der Waals surface area contributed by atoms with Crippen molar-refractivity contribution in [1.29, 1.82) is 0 Å². The van der Waals surface area contributed by atoms with E-state index in [1.54, 1.807) is 0 Å². The molecule has 5 heteroatoms. The zero-order valence-corrected chi connectivity index (χ0v) is 16.6. The first-order valence-electron chi connectivity index (χ1n) is 7.63. The molecule has 0 saturated heterocycles. The topological polar surface area (TPSA) is 27.1 Å². The fraction of sp³-hybridized carbons (Fsp3) is 0.471. The second-order valence-electron chi connectivity index (χ2n) is 7.06. The van der Waals surface area contributed by atoms with Gasteiger partial charge in [-0.2, -0.15) is 5.10 Å². The fourth-order valence-corrected chi connectivity index (χ4v) is 3.49. The molecular weight excluding hydrogens is 356 g/mol. The zero-order valence-electron chi connectivity index (χ0n) is 14.1. The van der Waals surface area contributed by atoms with Crippen molar-refractivity contribution in [1.82, 2.24) is 9.78 Å². The number of benzene rings is 1. The predicted octanol–water partition coefficient (Wildman–Crippen LogP) is 5.33. The lowest BCUT2D eigenvalue weighted by molar-refractivity contribution is 0.266. The van der Waals surface area contributed by atoms with E-state index in [0.717, 1.165) is 22.3 Å². The maximum atomic E-state index is 6.22. The van der Waals surface area contributed by atoms with Crippen molar-refractivity contribution in [3.63, 3.8) is 0 Å². The molecule has 0 spiro atoms. The molecule has 1 aromatic heterocycles. The fourth-order valence-electron chi connectivity index (χ4n) is 1.91. The van der Waals surface area contributed by atoms with Crippen molar-refractivity contribution in [3.05, 3.63) is 41.0 Å². The van der Waals surface area contributed by atoms with Crippen LogP contribution in [0.3, 0.4) is 0 Å². The summed E-state index contributed by atoms with van der Waals surface area (Å²) in [5, 5.41) is 4.91. The summed E-state index contributed by atoms with van der Waals surface area (Å²) < 4.78 is 9.19.